The Morgan fingerprint density at radius 1 is 1.35 bits per heavy atom. The van der Waals surface area contributed by atoms with Gasteiger partial charge >= 0.3 is 0 Å². The lowest BCUT2D eigenvalue weighted by Gasteiger charge is -2.11. The monoisotopic (exact) mass is 258 g/mol. The first-order valence-electron chi connectivity index (χ1n) is 4.97. The molecule has 2 N–H and O–H groups in total. The number of aliphatic hydroxyl groups excluding tert-OH is 2. The number of fused-ring (bicyclic) bond motifs is 1. The zero-order valence-corrected chi connectivity index (χ0v) is 9.65. The largest absolute Gasteiger partial charge is 0.392 e. The summed E-state index contributed by atoms with van der Waals surface area (Å²) in [5.74, 6) is -0.816. The molecule has 0 saturated carbocycles. The van der Waals surface area contributed by atoms with E-state index in [1.165, 1.54) is 12.1 Å². The highest BCUT2D eigenvalue weighted by molar-refractivity contribution is 7.71. The van der Waals surface area contributed by atoms with Crippen LogP contribution in [-0.2, 0) is 16.5 Å². The van der Waals surface area contributed by atoms with Crippen LogP contribution >= 0.6 is 0 Å². The normalized spacial score (nSPS) is 18.4. The molecule has 0 bridgehead atoms. The molecule has 1 aromatic carbocycles. The molecule has 6 heteroatoms. The van der Waals surface area contributed by atoms with Crippen molar-refractivity contribution in [1.29, 1.82) is 0 Å². The standard InChI is InChI=1S/C11H11FO4S/c12-8-2-1-6(5-17(15)16)11-9(14)3-7(4-13)10(8)11/h1-3,9,13-14,17H,4-5H2. The second-order valence-electron chi connectivity index (χ2n) is 3.78. The number of benzene rings is 1. The van der Waals surface area contributed by atoms with Gasteiger partial charge in [0, 0.05) is 5.56 Å². The zero-order chi connectivity index (χ0) is 12.6. The molecule has 1 atom stereocenters. The van der Waals surface area contributed by atoms with E-state index in [-0.39, 0.29) is 22.5 Å². The van der Waals surface area contributed by atoms with Gasteiger partial charge in [-0.3, -0.25) is 0 Å². The molecule has 0 fully saturated rings. The molecule has 0 aliphatic heterocycles. The van der Waals surface area contributed by atoms with Gasteiger partial charge in [-0.2, -0.15) is 0 Å². The molecule has 1 aliphatic carbocycles. The first kappa shape index (κ1) is 12.2. The highest BCUT2D eigenvalue weighted by Crippen LogP contribution is 2.38. The Balaban J connectivity index is 2.60. The Labute approximate surface area is 99.0 Å². The van der Waals surface area contributed by atoms with Crippen molar-refractivity contribution in [1.82, 2.24) is 0 Å². The number of rotatable bonds is 3. The van der Waals surface area contributed by atoms with Crippen LogP contribution in [0.3, 0.4) is 0 Å². The maximum atomic E-state index is 13.6. The molecule has 17 heavy (non-hydrogen) atoms. The summed E-state index contributed by atoms with van der Waals surface area (Å²) >= 11 is 0. The minimum atomic E-state index is -2.65. The van der Waals surface area contributed by atoms with E-state index in [1.807, 2.05) is 0 Å². The van der Waals surface area contributed by atoms with Crippen LogP contribution in [0.15, 0.2) is 18.2 Å². The Bertz CT molecular complexity index is 555. The van der Waals surface area contributed by atoms with E-state index in [0.717, 1.165) is 6.07 Å². The first-order chi connectivity index (χ1) is 8.04. The molecule has 0 radical (unpaired) electrons. The van der Waals surface area contributed by atoms with E-state index in [4.69, 9.17) is 5.11 Å². The maximum Gasteiger partial charge on any atom is 0.144 e. The predicted octanol–water partition coefficient (Wildman–Crippen LogP) is 0.360. The van der Waals surface area contributed by atoms with Gasteiger partial charge in [0.2, 0.25) is 0 Å². The predicted molar refractivity (Wildman–Crippen MR) is 60.4 cm³/mol. The number of hydrogen-bond acceptors (Lipinski definition) is 4. The number of thiol groups is 1. The van der Waals surface area contributed by atoms with Gasteiger partial charge in [0.1, 0.15) is 16.5 Å². The van der Waals surface area contributed by atoms with Crippen molar-refractivity contribution in [3.8, 4) is 0 Å². The lowest BCUT2D eigenvalue weighted by Crippen LogP contribution is -2.02. The second-order valence-corrected chi connectivity index (χ2v) is 4.76. The first-order valence-corrected chi connectivity index (χ1v) is 6.34. The Morgan fingerprint density at radius 2 is 2.06 bits per heavy atom. The van der Waals surface area contributed by atoms with Gasteiger partial charge in [0.15, 0.2) is 0 Å². The van der Waals surface area contributed by atoms with Gasteiger partial charge in [-0.05, 0) is 28.8 Å². The summed E-state index contributed by atoms with van der Waals surface area (Å²) < 4.78 is 35.0. The number of aliphatic hydroxyl groups is 2. The fourth-order valence-corrected chi connectivity index (χ4v) is 2.62. The van der Waals surface area contributed by atoms with E-state index in [9.17, 15) is 17.9 Å². The number of hydrogen-bond donors (Lipinski definition) is 3. The summed E-state index contributed by atoms with van der Waals surface area (Å²) in [5.41, 5.74) is 1.01. The fraction of sp³-hybridized carbons (Fsp3) is 0.273. The van der Waals surface area contributed by atoms with Crippen molar-refractivity contribution in [2.24, 2.45) is 0 Å². The van der Waals surface area contributed by atoms with Gasteiger partial charge in [-0.15, -0.1) is 0 Å². The molecule has 1 aliphatic rings. The van der Waals surface area contributed by atoms with Crippen LogP contribution in [0.5, 0.6) is 0 Å². The van der Waals surface area contributed by atoms with E-state index in [1.54, 1.807) is 0 Å². The van der Waals surface area contributed by atoms with Gasteiger partial charge in [0.25, 0.3) is 0 Å². The highest BCUT2D eigenvalue weighted by atomic mass is 32.2. The lowest BCUT2D eigenvalue weighted by atomic mass is 9.99. The summed E-state index contributed by atoms with van der Waals surface area (Å²) in [6.45, 7) is -0.395. The van der Waals surface area contributed by atoms with E-state index >= 15 is 0 Å². The highest BCUT2D eigenvalue weighted by Gasteiger charge is 2.27. The van der Waals surface area contributed by atoms with Gasteiger partial charge in [-0.1, -0.05) is 6.07 Å². The summed E-state index contributed by atoms with van der Waals surface area (Å²) in [4.78, 5) is 0. The van der Waals surface area contributed by atoms with Gasteiger partial charge < -0.3 is 10.2 Å². The van der Waals surface area contributed by atoms with Crippen LogP contribution in [0.2, 0.25) is 0 Å². The average Bonchev–Trinajstić information content (AvgIpc) is 2.60. The van der Waals surface area contributed by atoms with Gasteiger partial charge in [-0.25, -0.2) is 12.8 Å². The minimum absolute atomic E-state index is 0.120. The maximum absolute atomic E-state index is 13.6. The van der Waals surface area contributed by atoms with Crippen LogP contribution in [0.25, 0.3) is 5.57 Å². The molecule has 1 unspecified atom stereocenters. The molecule has 92 valence electrons. The summed E-state index contributed by atoms with van der Waals surface area (Å²) in [5, 5.41) is 18.8. The molecule has 0 amide bonds. The summed E-state index contributed by atoms with van der Waals surface area (Å²) in [6.07, 6.45) is 0.266. The number of halogens is 1. The molecular formula is C11H11FO4S. The van der Waals surface area contributed by atoms with Crippen molar-refractivity contribution in [2.75, 3.05) is 6.61 Å². The Morgan fingerprint density at radius 3 is 2.65 bits per heavy atom. The molecule has 2 rings (SSSR count). The molecular weight excluding hydrogens is 247 g/mol. The third-order valence-electron chi connectivity index (χ3n) is 2.73. The van der Waals surface area contributed by atoms with Crippen LogP contribution in [-0.4, -0.2) is 25.2 Å². The third-order valence-corrected chi connectivity index (χ3v) is 3.33. The van der Waals surface area contributed by atoms with Crippen LogP contribution in [0.4, 0.5) is 4.39 Å². The van der Waals surface area contributed by atoms with Crippen molar-refractivity contribution in [3.05, 3.63) is 40.7 Å². The van der Waals surface area contributed by atoms with Crippen molar-refractivity contribution in [3.63, 3.8) is 0 Å². The van der Waals surface area contributed by atoms with E-state index in [0.29, 0.717) is 5.56 Å². The molecule has 0 heterocycles. The van der Waals surface area contributed by atoms with Crippen molar-refractivity contribution in [2.45, 2.75) is 11.9 Å². The van der Waals surface area contributed by atoms with Crippen LogP contribution in [0.1, 0.15) is 22.8 Å². The lowest BCUT2D eigenvalue weighted by molar-refractivity contribution is 0.230. The quantitative estimate of drug-likeness (QED) is 0.684. The van der Waals surface area contributed by atoms with Crippen LogP contribution in [0, 0.1) is 5.82 Å². The van der Waals surface area contributed by atoms with Crippen LogP contribution < -0.4 is 0 Å². The second kappa shape index (κ2) is 4.56. The van der Waals surface area contributed by atoms with E-state index < -0.39 is 29.2 Å². The SMILES string of the molecule is O=[SH](=O)Cc1ccc(F)c2c1C(O)C=C2CO. The third kappa shape index (κ3) is 2.11. The summed E-state index contributed by atoms with van der Waals surface area (Å²) in [7, 11) is -2.65. The zero-order valence-electron chi connectivity index (χ0n) is 8.76. The molecule has 4 nitrogen and oxygen atoms in total. The summed E-state index contributed by atoms with van der Waals surface area (Å²) in [6, 6.07) is 2.49. The van der Waals surface area contributed by atoms with E-state index in [2.05, 4.69) is 0 Å². The molecule has 0 saturated heterocycles. The van der Waals surface area contributed by atoms with Crippen molar-refractivity contribution < 1.29 is 23.0 Å². The minimum Gasteiger partial charge on any atom is -0.392 e. The van der Waals surface area contributed by atoms with Crippen molar-refractivity contribution >= 4 is 16.3 Å². The Kier molecular flexibility index (Phi) is 3.28. The molecule has 0 aromatic heterocycles. The fourth-order valence-electron chi connectivity index (χ4n) is 2.07. The van der Waals surface area contributed by atoms with Gasteiger partial charge in [0.05, 0.1) is 18.5 Å². The average molecular weight is 258 g/mol. The topological polar surface area (TPSA) is 74.6 Å². The Hall–Kier alpha value is -1.24. The molecule has 1 aromatic rings. The smallest absolute Gasteiger partial charge is 0.144 e. The molecule has 0 spiro atoms.